The normalized spacial score (nSPS) is 11.5. The molecule has 244 valence electrons. The largest absolute Gasteiger partial charge is 2.00 e. The van der Waals surface area contributed by atoms with Gasteiger partial charge in [-0.2, -0.15) is 17.2 Å². The molecule has 3 aromatic heterocycles. The van der Waals surface area contributed by atoms with E-state index in [1.54, 1.807) is 16.9 Å². The van der Waals surface area contributed by atoms with E-state index in [1.807, 2.05) is 83.1 Å². The molecule has 7 aromatic rings. The Kier molecular flexibility index (Phi) is 9.04. The Morgan fingerprint density at radius 2 is 1.48 bits per heavy atom. The van der Waals surface area contributed by atoms with Gasteiger partial charge in [0.1, 0.15) is 23.3 Å². The average molecular weight is 735 g/mol. The molecule has 7 rings (SSSR count). The molecule has 0 aliphatic carbocycles. The van der Waals surface area contributed by atoms with Gasteiger partial charge in [-0.1, -0.05) is 51.4 Å². The molecule has 0 N–H and O–H groups in total. The average Bonchev–Trinajstić information content (AvgIpc) is 3.58. The number of para-hydroxylation sites is 1. The molecular formula is C39H31F3N4OPd. The first-order valence-electron chi connectivity index (χ1n) is 15.5. The van der Waals surface area contributed by atoms with Crippen molar-refractivity contribution < 1.29 is 38.3 Å². The van der Waals surface area contributed by atoms with Crippen molar-refractivity contribution in [2.24, 2.45) is 0 Å². The SMILES string of the molecule is Cc1ccnc(-n2c3[c-]c(Oc4[c-]c(-n5nc(C(C)C)c(-c6c(F)cc(F)cc6F)c5C(C)C)ccc4)ccc3c3ccccc32)c1.[Pd+2]. The van der Waals surface area contributed by atoms with Crippen LogP contribution in [0.4, 0.5) is 13.2 Å². The van der Waals surface area contributed by atoms with Crippen LogP contribution < -0.4 is 4.74 Å². The summed E-state index contributed by atoms with van der Waals surface area (Å²) in [5, 5.41) is 6.92. The molecule has 48 heavy (non-hydrogen) atoms. The van der Waals surface area contributed by atoms with E-state index >= 15 is 8.78 Å². The minimum atomic E-state index is -0.976. The van der Waals surface area contributed by atoms with Crippen molar-refractivity contribution >= 4 is 21.8 Å². The molecule has 0 saturated carbocycles. The number of hydrogen-bond donors (Lipinski definition) is 0. The number of aromatic nitrogens is 4. The Bertz CT molecular complexity index is 2280. The second-order valence-electron chi connectivity index (χ2n) is 12.2. The first-order chi connectivity index (χ1) is 22.6. The topological polar surface area (TPSA) is 44.9 Å². The molecule has 5 nitrogen and oxygen atoms in total. The van der Waals surface area contributed by atoms with Gasteiger partial charge < -0.3 is 9.30 Å². The van der Waals surface area contributed by atoms with Crippen LogP contribution in [0.25, 0.3) is 44.4 Å². The van der Waals surface area contributed by atoms with Crippen LogP contribution in [0.2, 0.25) is 0 Å². The minimum absolute atomic E-state index is 0. The molecule has 3 heterocycles. The van der Waals surface area contributed by atoms with E-state index in [1.165, 1.54) is 0 Å². The summed E-state index contributed by atoms with van der Waals surface area (Å²) in [5.74, 6) is -1.63. The zero-order chi connectivity index (χ0) is 33.0. The molecule has 0 aliphatic rings. The van der Waals surface area contributed by atoms with Gasteiger partial charge in [0, 0.05) is 40.9 Å². The third-order valence-corrected chi connectivity index (χ3v) is 8.19. The quantitative estimate of drug-likeness (QED) is 0.121. The van der Waals surface area contributed by atoms with Crippen molar-refractivity contribution in [2.75, 3.05) is 0 Å². The molecule has 0 atom stereocenters. The molecule has 9 heteroatoms. The molecular weight excluding hydrogens is 704 g/mol. The van der Waals surface area contributed by atoms with Gasteiger partial charge in [0.15, 0.2) is 0 Å². The number of ether oxygens (including phenoxy) is 1. The predicted octanol–water partition coefficient (Wildman–Crippen LogP) is 10.4. The summed E-state index contributed by atoms with van der Waals surface area (Å²) >= 11 is 0. The maximum absolute atomic E-state index is 15.2. The van der Waals surface area contributed by atoms with E-state index < -0.39 is 17.5 Å². The second-order valence-corrected chi connectivity index (χ2v) is 12.2. The van der Waals surface area contributed by atoms with E-state index in [0.717, 1.165) is 33.2 Å². The molecule has 0 unspecified atom stereocenters. The van der Waals surface area contributed by atoms with Crippen LogP contribution in [-0.4, -0.2) is 19.3 Å². The summed E-state index contributed by atoms with van der Waals surface area (Å²) < 4.78 is 54.3. The Morgan fingerprint density at radius 1 is 0.750 bits per heavy atom. The summed E-state index contributed by atoms with van der Waals surface area (Å²) in [7, 11) is 0. The van der Waals surface area contributed by atoms with Crippen LogP contribution in [0.5, 0.6) is 11.5 Å². The van der Waals surface area contributed by atoms with Crippen LogP contribution in [0.1, 0.15) is 56.5 Å². The summed E-state index contributed by atoms with van der Waals surface area (Å²) in [6, 6.07) is 29.6. The zero-order valence-corrected chi connectivity index (χ0v) is 28.4. The maximum Gasteiger partial charge on any atom is 2.00 e. The zero-order valence-electron chi connectivity index (χ0n) is 26.9. The number of pyridine rings is 1. The molecule has 0 saturated heterocycles. The summed E-state index contributed by atoms with van der Waals surface area (Å²) in [5.41, 5.74) is 4.55. The van der Waals surface area contributed by atoms with Gasteiger partial charge in [-0.15, -0.1) is 35.7 Å². The van der Waals surface area contributed by atoms with Crippen molar-refractivity contribution in [3.63, 3.8) is 0 Å². The van der Waals surface area contributed by atoms with Crippen molar-refractivity contribution in [3.8, 4) is 34.1 Å². The van der Waals surface area contributed by atoms with E-state index in [9.17, 15) is 4.39 Å². The molecule has 0 fully saturated rings. The van der Waals surface area contributed by atoms with Crippen molar-refractivity contribution in [1.29, 1.82) is 0 Å². The van der Waals surface area contributed by atoms with Gasteiger partial charge in [-0.05, 0) is 53.6 Å². The Morgan fingerprint density at radius 3 is 2.19 bits per heavy atom. The van der Waals surface area contributed by atoms with Crippen LogP contribution in [-0.2, 0) is 20.4 Å². The number of fused-ring (bicyclic) bond motifs is 3. The van der Waals surface area contributed by atoms with E-state index in [4.69, 9.17) is 9.84 Å². The van der Waals surface area contributed by atoms with Crippen molar-refractivity contribution in [2.45, 2.75) is 46.5 Å². The number of hydrogen-bond acceptors (Lipinski definition) is 3. The molecule has 0 amide bonds. The van der Waals surface area contributed by atoms with Crippen molar-refractivity contribution in [3.05, 3.63) is 132 Å². The summed E-state index contributed by atoms with van der Waals surface area (Å²) in [6.45, 7) is 9.69. The Hall–Kier alpha value is -4.71. The third-order valence-electron chi connectivity index (χ3n) is 8.19. The summed E-state index contributed by atoms with van der Waals surface area (Å²) in [4.78, 5) is 4.64. The van der Waals surface area contributed by atoms with E-state index in [0.29, 0.717) is 46.3 Å². The first kappa shape index (κ1) is 33.2. The van der Waals surface area contributed by atoms with E-state index in [-0.39, 0.29) is 37.8 Å². The monoisotopic (exact) mass is 734 g/mol. The molecule has 4 aromatic carbocycles. The second kappa shape index (κ2) is 13.1. The number of halogens is 3. The number of nitrogens with zero attached hydrogens (tertiary/aromatic N) is 4. The molecule has 0 spiro atoms. The minimum Gasteiger partial charge on any atom is -0.509 e. The fourth-order valence-corrected chi connectivity index (χ4v) is 6.16. The van der Waals surface area contributed by atoms with Gasteiger partial charge >= 0.3 is 20.4 Å². The van der Waals surface area contributed by atoms with Gasteiger partial charge in [0.25, 0.3) is 0 Å². The number of rotatable bonds is 7. The maximum atomic E-state index is 15.2. The fourth-order valence-electron chi connectivity index (χ4n) is 6.16. The summed E-state index contributed by atoms with van der Waals surface area (Å²) in [6.07, 6.45) is 1.79. The first-order valence-corrected chi connectivity index (χ1v) is 15.5. The Balaban J connectivity index is 0.00000401. The predicted molar refractivity (Wildman–Crippen MR) is 178 cm³/mol. The van der Waals surface area contributed by atoms with Crippen molar-refractivity contribution in [1.82, 2.24) is 19.3 Å². The number of aryl methyl sites for hydroxylation is 1. The molecule has 0 aliphatic heterocycles. The number of benzene rings is 4. The van der Waals surface area contributed by atoms with Gasteiger partial charge in [0.05, 0.1) is 17.0 Å². The van der Waals surface area contributed by atoms with Gasteiger partial charge in [-0.25, -0.2) is 18.2 Å². The van der Waals surface area contributed by atoms with Crippen LogP contribution in [0.3, 0.4) is 0 Å². The van der Waals surface area contributed by atoms with Crippen LogP contribution in [0, 0.1) is 36.5 Å². The van der Waals surface area contributed by atoms with Gasteiger partial charge in [-0.3, -0.25) is 4.68 Å². The smallest absolute Gasteiger partial charge is 0.509 e. The molecule has 0 radical (unpaired) electrons. The van der Waals surface area contributed by atoms with E-state index in [2.05, 4.69) is 33.8 Å². The fraction of sp³-hybridized carbons (Fsp3) is 0.179. The molecule has 0 bridgehead atoms. The standard InChI is InChI=1S/C39H31F3N4O.Pd/c1-22(2)38-37(36-31(41)18-25(40)19-32(36)42)39(23(3)4)46(44-38)26-9-8-10-27(20-26)47-28-13-14-30-29-11-6-7-12-33(29)45(34(30)21-28)35-17-24(5)15-16-43-35;/h6-19,22-23H,1-5H3;/q-2;+2. The Labute approximate surface area is 290 Å². The van der Waals surface area contributed by atoms with Crippen LogP contribution >= 0.6 is 0 Å². The third kappa shape index (κ3) is 5.82. The van der Waals surface area contributed by atoms with Gasteiger partial charge in [0.2, 0.25) is 0 Å². The van der Waals surface area contributed by atoms with Crippen LogP contribution in [0.15, 0.2) is 85.1 Å².